The number of carboxylic acid groups (broad SMARTS) is 1. The highest BCUT2D eigenvalue weighted by Crippen LogP contribution is 2.28. The predicted octanol–water partition coefficient (Wildman–Crippen LogP) is 2.32. The largest absolute Gasteiger partial charge is 1.00 e. The van der Waals surface area contributed by atoms with Gasteiger partial charge >= 0.3 is 11.9 Å². The lowest BCUT2D eigenvalue weighted by Crippen LogP contribution is -3.00. The number of benzene rings is 1. The van der Waals surface area contributed by atoms with Crippen molar-refractivity contribution < 1.29 is 41.0 Å². The van der Waals surface area contributed by atoms with E-state index >= 15 is 0 Å². The van der Waals surface area contributed by atoms with Crippen LogP contribution in [0.1, 0.15) is 64.1 Å². The van der Waals surface area contributed by atoms with Gasteiger partial charge in [0.2, 0.25) is 0 Å². The fourth-order valence-corrected chi connectivity index (χ4v) is 4.00. The average molecular weight is 538 g/mol. The summed E-state index contributed by atoms with van der Waals surface area (Å²) in [7, 11) is 0. The molecule has 0 bridgehead atoms. The number of rotatable bonds is 13. The fourth-order valence-electron chi connectivity index (χ4n) is 3.69. The molecule has 0 saturated carbocycles. The zero-order valence-electron chi connectivity index (χ0n) is 18.1. The SMILES string of the molecule is CCOC(=O)CCCCCn1c(C)[n+](CCCCCC(=O)O)c2cc(Cl)c(Cl)cc21.[Br-]. The lowest BCUT2D eigenvalue weighted by Gasteiger charge is -2.03. The molecule has 0 unspecified atom stereocenters. The lowest BCUT2D eigenvalue weighted by molar-refractivity contribution is -0.678. The first-order chi connectivity index (χ1) is 14.3. The molecule has 31 heavy (non-hydrogen) atoms. The third-order valence-electron chi connectivity index (χ3n) is 5.22. The smallest absolute Gasteiger partial charge is 0.305 e. The quantitative estimate of drug-likeness (QED) is 0.242. The Morgan fingerprint density at radius 3 is 2.35 bits per heavy atom. The summed E-state index contributed by atoms with van der Waals surface area (Å²) in [5.41, 5.74) is 2.07. The van der Waals surface area contributed by atoms with Gasteiger partial charge < -0.3 is 26.8 Å². The van der Waals surface area contributed by atoms with E-state index in [-0.39, 0.29) is 29.4 Å². The molecule has 0 aliphatic rings. The Morgan fingerprint density at radius 1 is 1.03 bits per heavy atom. The van der Waals surface area contributed by atoms with E-state index in [4.69, 9.17) is 33.0 Å². The van der Waals surface area contributed by atoms with Gasteiger partial charge in [-0.25, -0.2) is 9.13 Å². The molecule has 1 aromatic carbocycles. The minimum absolute atomic E-state index is 0. The van der Waals surface area contributed by atoms with Gasteiger partial charge in [-0.3, -0.25) is 9.59 Å². The third kappa shape index (κ3) is 8.28. The Kier molecular flexibility index (Phi) is 12.5. The summed E-state index contributed by atoms with van der Waals surface area (Å²) in [6.45, 7) is 5.95. The molecule has 0 amide bonds. The van der Waals surface area contributed by atoms with E-state index in [1.165, 1.54) is 0 Å². The number of fused-ring (bicyclic) bond motifs is 1. The number of aryl methyl sites for hydroxylation is 2. The van der Waals surface area contributed by atoms with Crippen LogP contribution in [0.4, 0.5) is 0 Å². The molecule has 1 heterocycles. The predicted molar refractivity (Wildman–Crippen MR) is 118 cm³/mol. The van der Waals surface area contributed by atoms with Crippen molar-refractivity contribution in [3.63, 3.8) is 0 Å². The van der Waals surface area contributed by atoms with Crippen molar-refractivity contribution in [1.29, 1.82) is 0 Å². The van der Waals surface area contributed by atoms with Gasteiger partial charge in [0.25, 0.3) is 5.82 Å². The molecule has 0 radical (unpaired) electrons. The maximum absolute atomic E-state index is 11.5. The maximum atomic E-state index is 11.5. The van der Waals surface area contributed by atoms with Crippen LogP contribution in [0.2, 0.25) is 10.0 Å². The van der Waals surface area contributed by atoms with Crippen molar-refractivity contribution >= 4 is 46.2 Å². The molecule has 2 rings (SSSR count). The number of ether oxygens (including phenoxy) is 1. The van der Waals surface area contributed by atoms with Crippen LogP contribution in [-0.4, -0.2) is 28.2 Å². The van der Waals surface area contributed by atoms with Crippen LogP contribution in [0.15, 0.2) is 12.1 Å². The highest BCUT2D eigenvalue weighted by Gasteiger charge is 2.22. The Morgan fingerprint density at radius 2 is 1.68 bits per heavy atom. The summed E-state index contributed by atoms with van der Waals surface area (Å²) in [6.07, 6.45) is 5.80. The summed E-state index contributed by atoms with van der Waals surface area (Å²) in [4.78, 5) is 22.2. The molecule has 0 atom stereocenters. The molecule has 1 aromatic heterocycles. The van der Waals surface area contributed by atoms with Crippen LogP contribution in [-0.2, 0) is 27.4 Å². The van der Waals surface area contributed by atoms with Gasteiger partial charge in [-0.05, 0) is 45.4 Å². The highest BCUT2D eigenvalue weighted by molar-refractivity contribution is 6.42. The normalized spacial score (nSPS) is 10.8. The minimum Gasteiger partial charge on any atom is -1.00 e. The molecular weight excluding hydrogens is 507 g/mol. The third-order valence-corrected chi connectivity index (χ3v) is 5.94. The van der Waals surface area contributed by atoms with Crippen LogP contribution in [0.3, 0.4) is 0 Å². The Hall–Kier alpha value is -1.31. The summed E-state index contributed by atoms with van der Waals surface area (Å²) in [6, 6.07) is 3.81. The van der Waals surface area contributed by atoms with E-state index in [9.17, 15) is 9.59 Å². The molecule has 6 nitrogen and oxygen atoms in total. The van der Waals surface area contributed by atoms with Gasteiger partial charge in [-0.2, -0.15) is 0 Å². The number of nitrogens with zero attached hydrogens (tertiary/aromatic N) is 2. The Balaban J connectivity index is 0.00000480. The van der Waals surface area contributed by atoms with E-state index in [2.05, 4.69) is 16.1 Å². The minimum atomic E-state index is -0.750. The maximum Gasteiger partial charge on any atom is 0.305 e. The number of carbonyl (C=O) groups excluding carboxylic acids is 1. The standard InChI is InChI=1S/C22H30Cl2N2O4.BrH/c1-3-30-22(29)11-7-5-9-13-26-16(2)25(12-8-4-6-10-21(27)28)19-14-17(23)18(24)15-20(19)26;/h14-15H,3-13H2,1-2H3;1H. The monoisotopic (exact) mass is 536 g/mol. The van der Waals surface area contributed by atoms with Crippen LogP contribution in [0, 0.1) is 6.92 Å². The first-order valence-electron chi connectivity index (χ1n) is 10.6. The average Bonchev–Trinajstić information content (AvgIpc) is 2.92. The van der Waals surface area contributed by atoms with Crippen molar-refractivity contribution in [1.82, 2.24) is 4.57 Å². The number of hydrogen-bond acceptors (Lipinski definition) is 3. The van der Waals surface area contributed by atoms with Gasteiger partial charge in [-0.15, -0.1) is 0 Å². The lowest BCUT2D eigenvalue weighted by atomic mass is 10.2. The summed E-state index contributed by atoms with van der Waals surface area (Å²) in [5.74, 6) is 0.231. The number of halogens is 3. The number of aliphatic carboxylic acids is 1. The van der Waals surface area contributed by atoms with Crippen molar-refractivity contribution in [3.8, 4) is 0 Å². The van der Waals surface area contributed by atoms with Crippen molar-refractivity contribution in [2.45, 2.75) is 78.3 Å². The summed E-state index contributed by atoms with van der Waals surface area (Å²) >= 11 is 12.6. The number of hydrogen-bond donors (Lipinski definition) is 1. The Labute approximate surface area is 204 Å². The second-order valence-corrected chi connectivity index (χ2v) is 8.24. The molecule has 174 valence electrons. The molecule has 0 aliphatic carbocycles. The molecule has 2 aromatic rings. The van der Waals surface area contributed by atoms with Crippen molar-refractivity contribution in [2.24, 2.45) is 0 Å². The first-order valence-corrected chi connectivity index (χ1v) is 11.4. The molecule has 0 saturated heterocycles. The second-order valence-electron chi connectivity index (χ2n) is 7.43. The van der Waals surface area contributed by atoms with Crippen LogP contribution < -0.4 is 21.5 Å². The van der Waals surface area contributed by atoms with Crippen molar-refractivity contribution in [2.75, 3.05) is 6.61 Å². The number of aromatic nitrogens is 2. The fraction of sp³-hybridized carbons (Fsp3) is 0.591. The van der Waals surface area contributed by atoms with Gasteiger partial charge in [0.15, 0.2) is 11.0 Å². The van der Waals surface area contributed by atoms with Gasteiger partial charge in [0.1, 0.15) is 0 Å². The van der Waals surface area contributed by atoms with E-state index < -0.39 is 5.97 Å². The number of unbranched alkanes of at least 4 members (excludes halogenated alkanes) is 4. The zero-order valence-corrected chi connectivity index (χ0v) is 21.2. The zero-order chi connectivity index (χ0) is 22.1. The molecule has 1 N–H and O–H groups in total. The molecular formula is C22H31BrCl2N2O4. The van der Waals surface area contributed by atoms with Crippen LogP contribution >= 0.6 is 23.2 Å². The second kappa shape index (κ2) is 14.0. The topological polar surface area (TPSA) is 72.4 Å². The number of esters is 1. The highest BCUT2D eigenvalue weighted by atomic mass is 79.9. The van der Waals surface area contributed by atoms with Crippen LogP contribution in [0.25, 0.3) is 11.0 Å². The summed E-state index contributed by atoms with van der Waals surface area (Å²) in [5, 5.41) is 9.84. The van der Waals surface area contributed by atoms with Crippen LogP contribution in [0.5, 0.6) is 0 Å². The Bertz CT molecular complexity index is 886. The number of carboxylic acids is 1. The van der Waals surface area contributed by atoms with Gasteiger partial charge in [-0.1, -0.05) is 23.2 Å². The molecule has 0 spiro atoms. The van der Waals surface area contributed by atoms with Crippen molar-refractivity contribution in [3.05, 3.63) is 28.0 Å². The van der Waals surface area contributed by atoms with E-state index in [0.29, 0.717) is 29.5 Å². The first kappa shape index (κ1) is 27.7. The molecule has 9 heteroatoms. The number of imidazole rings is 1. The van der Waals surface area contributed by atoms with E-state index in [1.54, 1.807) is 0 Å². The van der Waals surface area contributed by atoms with E-state index in [0.717, 1.165) is 62.1 Å². The van der Waals surface area contributed by atoms with Gasteiger partial charge in [0.05, 0.1) is 29.7 Å². The molecule has 0 aliphatic heterocycles. The molecule has 0 fully saturated rings. The summed E-state index contributed by atoms with van der Waals surface area (Å²) < 4.78 is 9.45. The van der Waals surface area contributed by atoms with E-state index in [1.807, 2.05) is 19.1 Å². The number of carbonyl (C=O) groups is 2. The van der Waals surface area contributed by atoms with Gasteiger partial charge in [0, 0.05) is 31.9 Å².